The molecule has 0 saturated carbocycles. The van der Waals surface area contributed by atoms with Crippen LogP contribution in [0.3, 0.4) is 0 Å². The summed E-state index contributed by atoms with van der Waals surface area (Å²) in [7, 11) is 0. The van der Waals surface area contributed by atoms with Crippen LogP contribution in [0.2, 0.25) is 0 Å². The molecule has 3 aromatic rings. The van der Waals surface area contributed by atoms with Gasteiger partial charge >= 0.3 is 0 Å². The van der Waals surface area contributed by atoms with Crippen LogP contribution >= 0.6 is 0 Å². The molecule has 0 aliphatic rings. The number of nitrogens with one attached hydrogen (secondary N) is 3. The van der Waals surface area contributed by atoms with Crippen LogP contribution in [0, 0.1) is 0 Å². The first-order valence-corrected chi connectivity index (χ1v) is 11.1. The molecule has 0 aliphatic carbocycles. The maximum absolute atomic E-state index is 4.18. The molecule has 0 radical (unpaired) electrons. The summed E-state index contributed by atoms with van der Waals surface area (Å²) in [6, 6.07) is 14.8. The Morgan fingerprint density at radius 3 is 1.67 bits per heavy atom. The molecule has 170 valence electrons. The zero-order valence-electron chi connectivity index (χ0n) is 19.0. The topological polar surface area (TPSA) is 74.2 Å². The van der Waals surface area contributed by atoms with E-state index in [1.807, 2.05) is 24.5 Å². The molecular weight excluding hydrogens is 408 g/mol. The Balaban J connectivity index is 1.62. The summed E-state index contributed by atoms with van der Waals surface area (Å²) in [6.07, 6.45) is 10.9. The van der Waals surface area contributed by atoms with Gasteiger partial charge in [0, 0.05) is 70.3 Å². The van der Waals surface area contributed by atoms with Crippen LogP contribution in [0.4, 0.5) is 0 Å². The first kappa shape index (κ1) is 24.2. The first-order chi connectivity index (χ1) is 16.3. The molecule has 0 unspecified atom stereocenters. The fraction of sp³-hybridized carbons (Fsp3) is 0.222. The molecule has 2 heterocycles. The Kier molecular flexibility index (Phi) is 10.2. The monoisotopic (exact) mass is 440 g/mol. The average molecular weight is 441 g/mol. The Bertz CT molecular complexity index is 967. The Morgan fingerprint density at radius 2 is 1.24 bits per heavy atom. The van der Waals surface area contributed by atoms with Crippen LogP contribution in [-0.2, 0) is 32.7 Å². The molecule has 6 nitrogen and oxygen atoms in total. The third-order valence-electron chi connectivity index (χ3n) is 5.05. The largest absolute Gasteiger partial charge is 0.309 e. The smallest absolute Gasteiger partial charge is 0.0312 e. The maximum atomic E-state index is 4.18. The second-order valence-corrected chi connectivity index (χ2v) is 7.78. The van der Waals surface area contributed by atoms with Gasteiger partial charge < -0.3 is 16.0 Å². The number of hydrogen-bond donors (Lipinski definition) is 3. The minimum Gasteiger partial charge on any atom is -0.309 e. The predicted octanol–water partition coefficient (Wildman–Crippen LogP) is 3.92. The minimum atomic E-state index is 0.695. The van der Waals surface area contributed by atoms with E-state index >= 15 is 0 Å². The van der Waals surface area contributed by atoms with Gasteiger partial charge in [0.1, 0.15) is 0 Å². The van der Waals surface area contributed by atoms with Gasteiger partial charge in [-0.05, 0) is 52.2 Å². The number of benzene rings is 1. The number of aliphatic imine (C=N–C) groups is 1. The van der Waals surface area contributed by atoms with Crippen LogP contribution in [0.5, 0.6) is 0 Å². The molecular formula is C27H32N6. The van der Waals surface area contributed by atoms with Crippen LogP contribution in [-0.4, -0.2) is 23.2 Å². The fourth-order valence-electron chi connectivity index (χ4n) is 3.49. The van der Waals surface area contributed by atoms with Crippen molar-refractivity contribution in [3.8, 4) is 0 Å². The van der Waals surface area contributed by atoms with Crippen LogP contribution in [0.1, 0.15) is 27.8 Å². The van der Waals surface area contributed by atoms with Gasteiger partial charge in [-0.3, -0.25) is 15.0 Å². The van der Waals surface area contributed by atoms with Gasteiger partial charge in [0.2, 0.25) is 0 Å². The van der Waals surface area contributed by atoms with Gasteiger partial charge in [-0.2, -0.15) is 0 Å². The van der Waals surface area contributed by atoms with E-state index in [0.29, 0.717) is 6.54 Å². The lowest BCUT2D eigenvalue weighted by molar-refractivity contribution is 0.674. The second-order valence-electron chi connectivity index (χ2n) is 7.78. The number of aromatic nitrogens is 2. The Hall–Kier alpha value is -3.45. The van der Waals surface area contributed by atoms with E-state index in [9.17, 15) is 0 Å². The van der Waals surface area contributed by atoms with Crippen molar-refractivity contribution in [3.63, 3.8) is 0 Å². The molecule has 0 bridgehead atoms. The standard InChI is InChI=1S/C27H32N6/c1-3-22(13-28-2)14-31-19-25-10-26(20-32-17-23-6-4-8-29-15-23)12-27(11-25)21-33-18-24-7-5-9-30-16-24/h3-13,15-16,31-33H,1-2,14,17-21H2/b22-13+. The number of rotatable bonds is 14. The van der Waals surface area contributed by atoms with Gasteiger partial charge in [0.15, 0.2) is 0 Å². The Labute approximate surface area is 196 Å². The summed E-state index contributed by atoms with van der Waals surface area (Å²) in [5.41, 5.74) is 7.11. The predicted molar refractivity (Wildman–Crippen MR) is 136 cm³/mol. The van der Waals surface area contributed by atoms with Gasteiger partial charge in [-0.1, -0.05) is 43.0 Å². The summed E-state index contributed by atoms with van der Waals surface area (Å²) < 4.78 is 0. The molecule has 6 heteroatoms. The number of hydrogen-bond acceptors (Lipinski definition) is 6. The molecule has 0 saturated heterocycles. The van der Waals surface area contributed by atoms with Crippen molar-refractivity contribution in [1.82, 2.24) is 25.9 Å². The molecule has 1 aromatic carbocycles. The average Bonchev–Trinajstić information content (AvgIpc) is 2.85. The van der Waals surface area contributed by atoms with Crippen molar-refractivity contribution in [2.45, 2.75) is 32.7 Å². The van der Waals surface area contributed by atoms with Gasteiger partial charge in [0.25, 0.3) is 0 Å². The van der Waals surface area contributed by atoms with E-state index in [0.717, 1.165) is 38.3 Å². The molecule has 0 aliphatic heterocycles. The molecule has 0 amide bonds. The van der Waals surface area contributed by atoms with Crippen molar-refractivity contribution in [3.05, 3.63) is 119 Å². The highest BCUT2D eigenvalue weighted by Crippen LogP contribution is 2.12. The van der Waals surface area contributed by atoms with Crippen LogP contribution < -0.4 is 16.0 Å². The normalized spacial score (nSPS) is 11.3. The summed E-state index contributed by atoms with van der Waals surface area (Å²) >= 11 is 0. The van der Waals surface area contributed by atoms with E-state index in [1.54, 1.807) is 24.7 Å². The van der Waals surface area contributed by atoms with Crippen molar-refractivity contribution >= 4 is 6.72 Å². The fourth-order valence-corrected chi connectivity index (χ4v) is 3.49. The summed E-state index contributed by atoms with van der Waals surface area (Å²) in [4.78, 5) is 12.2. The van der Waals surface area contributed by atoms with E-state index in [1.165, 1.54) is 27.8 Å². The minimum absolute atomic E-state index is 0.695. The summed E-state index contributed by atoms with van der Waals surface area (Å²) in [5.74, 6) is 0. The van der Waals surface area contributed by atoms with E-state index in [2.05, 4.69) is 74.5 Å². The third-order valence-corrected chi connectivity index (χ3v) is 5.05. The lowest BCUT2D eigenvalue weighted by atomic mass is 10.0. The molecule has 0 atom stereocenters. The SMILES string of the molecule is C=C/C(=C\N=C)CNCc1cc(CNCc2cccnc2)cc(CNCc2cccnc2)c1. The second kappa shape index (κ2) is 13.9. The van der Waals surface area contributed by atoms with E-state index < -0.39 is 0 Å². The molecule has 0 spiro atoms. The zero-order chi connectivity index (χ0) is 23.1. The zero-order valence-corrected chi connectivity index (χ0v) is 19.0. The highest BCUT2D eigenvalue weighted by molar-refractivity contribution is 5.31. The molecule has 2 aromatic heterocycles. The molecule has 3 N–H and O–H groups in total. The van der Waals surface area contributed by atoms with Crippen LogP contribution in [0.15, 0.2) is 96.7 Å². The molecule has 0 fully saturated rings. The molecule has 3 rings (SSSR count). The highest BCUT2D eigenvalue weighted by atomic mass is 14.9. The maximum Gasteiger partial charge on any atom is 0.0312 e. The van der Waals surface area contributed by atoms with Crippen LogP contribution in [0.25, 0.3) is 0 Å². The number of pyridine rings is 2. The van der Waals surface area contributed by atoms with Crippen molar-refractivity contribution in [2.75, 3.05) is 6.54 Å². The van der Waals surface area contributed by atoms with Crippen molar-refractivity contribution in [2.24, 2.45) is 4.99 Å². The van der Waals surface area contributed by atoms with E-state index in [4.69, 9.17) is 0 Å². The first-order valence-electron chi connectivity index (χ1n) is 11.1. The quantitative estimate of drug-likeness (QED) is 0.262. The summed E-state index contributed by atoms with van der Waals surface area (Å²) in [5, 5.41) is 10.5. The lowest BCUT2D eigenvalue weighted by Gasteiger charge is -2.13. The summed E-state index contributed by atoms with van der Waals surface area (Å²) in [6.45, 7) is 11.9. The van der Waals surface area contributed by atoms with E-state index in [-0.39, 0.29) is 0 Å². The molecule has 33 heavy (non-hydrogen) atoms. The highest BCUT2D eigenvalue weighted by Gasteiger charge is 2.04. The van der Waals surface area contributed by atoms with Gasteiger partial charge in [0.05, 0.1) is 0 Å². The van der Waals surface area contributed by atoms with Gasteiger partial charge in [-0.15, -0.1) is 0 Å². The Morgan fingerprint density at radius 1 is 0.758 bits per heavy atom. The van der Waals surface area contributed by atoms with Crippen molar-refractivity contribution in [1.29, 1.82) is 0 Å². The van der Waals surface area contributed by atoms with Crippen molar-refractivity contribution < 1.29 is 0 Å². The number of nitrogens with zero attached hydrogens (tertiary/aromatic N) is 3. The third kappa shape index (κ3) is 8.90. The van der Waals surface area contributed by atoms with Gasteiger partial charge in [-0.25, -0.2) is 0 Å². The lowest BCUT2D eigenvalue weighted by Crippen LogP contribution is -2.18.